The fraction of sp³-hybridized carbons (Fsp3) is 0.562. The van der Waals surface area contributed by atoms with Gasteiger partial charge in [-0.05, 0) is 62.1 Å². The van der Waals surface area contributed by atoms with Crippen molar-refractivity contribution in [3.8, 4) is 0 Å². The Hall–Kier alpha value is -0.720. The number of thiocarbonyl (C=S) groups is 1. The van der Waals surface area contributed by atoms with Crippen molar-refractivity contribution in [3.63, 3.8) is 0 Å². The number of nitrogens with zero attached hydrogens (tertiary/aromatic N) is 1. The number of aryl methyl sites for hydroxylation is 3. The second kappa shape index (κ2) is 6.81. The van der Waals surface area contributed by atoms with Crippen molar-refractivity contribution < 1.29 is 13.9 Å². The molecule has 0 amide bonds. The summed E-state index contributed by atoms with van der Waals surface area (Å²) in [4.78, 5) is 1.79. The largest absolute Gasteiger partial charge is 0.381 e. The molecule has 1 atom stereocenters. The average Bonchev–Trinajstić information content (AvgIpc) is 2.90. The van der Waals surface area contributed by atoms with Crippen molar-refractivity contribution in [2.24, 2.45) is 0 Å². The van der Waals surface area contributed by atoms with Crippen LogP contribution in [0, 0.1) is 20.8 Å². The van der Waals surface area contributed by atoms with Gasteiger partial charge in [-0.1, -0.05) is 29.9 Å². The number of thioether (sulfide) groups is 1. The molecular formula is C16H21F2NOS2. The van der Waals surface area contributed by atoms with Crippen LogP contribution in [-0.2, 0) is 0 Å². The summed E-state index contributed by atoms with van der Waals surface area (Å²) in [6, 6.07) is 3.62. The fourth-order valence-electron chi connectivity index (χ4n) is 2.93. The molecule has 1 heterocycles. The van der Waals surface area contributed by atoms with Crippen molar-refractivity contribution in [1.29, 1.82) is 0 Å². The number of hydrogen-bond acceptors (Lipinski definition) is 3. The number of likely N-dealkylation sites (tertiary alicyclic amines) is 1. The van der Waals surface area contributed by atoms with Crippen LogP contribution in [0.4, 0.5) is 8.78 Å². The van der Waals surface area contributed by atoms with Crippen LogP contribution >= 0.6 is 24.0 Å². The minimum atomic E-state index is -3.34. The average molecular weight is 345 g/mol. The maximum Gasteiger partial charge on any atom is 0.329 e. The van der Waals surface area contributed by atoms with E-state index in [2.05, 4.69) is 0 Å². The van der Waals surface area contributed by atoms with Gasteiger partial charge in [0.05, 0.1) is 0 Å². The molecule has 2 nitrogen and oxygen atoms in total. The van der Waals surface area contributed by atoms with Crippen LogP contribution < -0.4 is 0 Å². The number of halogens is 2. The molecule has 122 valence electrons. The van der Waals surface area contributed by atoms with Gasteiger partial charge in [0.2, 0.25) is 0 Å². The third kappa shape index (κ3) is 3.78. The molecule has 0 saturated carbocycles. The predicted molar refractivity (Wildman–Crippen MR) is 91.6 cm³/mol. The van der Waals surface area contributed by atoms with E-state index in [0.29, 0.717) is 28.5 Å². The van der Waals surface area contributed by atoms with E-state index in [-0.39, 0.29) is 4.32 Å². The third-order valence-corrected chi connectivity index (χ3v) is 5.35. The molecule has 1 N–H and O–H groups in total. The Kier molecular flexibility index (Phi) is 5.45. The van der Waals surface area contributed by atoms with Gasteiger partial charge < -0.3 is 10.0 Å². The smallest absolute Gasteiger partial charge is 0.329 e. The lowest BCUT2D eigenvalue weighted by Crippen LogP contribution is -2.31. The Labute approximate surface area is 139 Å². The first-order valence-electron chi connectivity index (χ1n) is 7.34. The van der Waals surface area contributed by atoms with Crippen LogP contribution in [0.3, 0.4) is 0 Å². The highest BCUT2D eigenvalue weighted by Gasteiger charge is 2.43. The Morgan fingerprint density at radius 2 is 1.73 bits per heavy atom. The molecule has 1 aromatic rings. The van der Waals surface area contributed by atoms with Crippen molar-refractivity contribution in [2.45, 2.75) is 45.0 Å². The lowest BCUT2D eigenvalue weighted by molar-refractivity contribution is -0.0353. The van der Waals surface area contributed by atoms with Crippen molar-refractivity contribution >= 4 is 28.3 Å². The van der Waals surface area contributed by atoms with Gasteiger partial charge in [-0.2, -0.15) is 8.78 Å². The number of aliphatic hydroxyl groups excluding tert-OH is 1. The Balaban J connectivity index is 2.19. The van der Waals surface area contributed by atoms with Crippen molar-refractivity contribution in [2.75, 3.05) is 13.1 Å². The molecule has 0 bridgehead atoms. The van der Waals surface area contributed by atoms with Crippen LogP contribution in [0.15, 0.2) is 12.1 Å². The number of aliphatic hydroxyl groups is 1. The molecule has 1 aliphatic rings. The van der Waals surface area contributed by atoms with E-state index >= 15 is 0 Å². The summed E-state index contributed by atoms with van der Waals surface area (Å²) in [5.74, 6) is 0. The summed E-state index contributed by atoms with van der Waals surface area (Å²) < 4.78 is 29.1. The van der Waals surface area contributed by atoms with Crippen molar-refractivity contribution in [3.05, 3.63) is 34.4 Å². The Bertz CT molecular complexity index is 548. The highest BCUT2D eigenvalue weighted by atomic mass is 32.2. The minimum absolute atomic E-state index is 0.170. The molecule has 1 fully saturated rings. The molecule has 6 heteroatoms. The second-order valence-electron chi connectivity index (χ2n) is 5.84. The van der Waals surface area contributed by atoms with Gasteiger partial charge in [0.1, 0.15) is 4.32 Å². The quantitative estimate of drug-likeness (QED) is 0.823. The maximum absolute atomic E-state index is 14.5. The van der Waals surface area contributed by atoms with Gasteiger partial charge in [0.25, 0.3) is 0 Å². The molecule has 0 radical (unpaired) electrons. The van der Waals surface area contributed by atoms with E-state index in [4.69, 9.17) is 12.2 Å². The van der Waals surface area contributed by atoms with Crippen molar-refractivity contribution in [1.82, 2.24) is 4.90 Å². The monoisotopic (exact) mass is 345 g/mol. The first-order chi connectivity index (χ1) is 10.2. The van der Waals surface area contributed by atoms with E-state index in [9.17, 15) is 13.9 Å². The number of rotatable bonds is 3. The lowest BCUT2D eigenvalue weighted by atomic mass is 9.96. The molecule has 22 heavy (non-hydrogen) atoms. The summed E-state index contributed by atoms with van der Waals surface area (Å²) in [5, 5.41) is 6.90. The summed E-state index contributed by atoms with van der Waals surface area (Å²) in [6.45, 7) is 6.85. The molecule has 2 rings (SSSR count). The summed E-state index contributed by atoms with van der Waals surface area (Å²) in [5.41, 5.74) is 2.65. The Morgan fingerprint density at radius 1 is 1.23 bits per heavy atom. The molecule has 1 saturated heterocycles. The first kappa shape index (κ1) is 17.6. The Morgan fingerprint density at radius 3 is 2.23 bits per heavy atom. The SMILES string of the molecule is Cc1cc(C)c(C(O)C(F)(F)SC(=S)N2CCCC2)c(C)c1. The highest BCUT2D eigenvalue weighted by molar-refractivity contribution is 8.23. The topological polar surface area (TPSA) is 23.5 Å². The summed E-state index contributed by atoms with van der Waals surface area (Å²) >= 11 is 5.41. The molecule has 0 spiro atoms. The fourth-order valence-corrected chi connectivity index (χ4v) is 4.22. The van der Waals surface area contributed by atoms with E-state index in [1.807, 2.05) is 19.1 Å². The van der Waals surface area contributed by atoms with Crippen LogP contribution in [0.2, 0.25) is 0 Å². The molecule has 0 aliphatic carbocycles. The standard InChI is InChI=1S/C16H21F2NOS2/c1-10-8-11(2)13(12(3)9-10)14(20)16(17,18)22-15(21)19-6-4-5-7-19/h8-9,14,20H,4-7H2,1-3H3. The van der Waals surface area contributed by atoms with E-state index in [1.165, 1.54) is 0 Å². The van der Waals surface area contributed by atoms with Crippen LogP contribution in [0.1, 0.15) is 41.2 Å². The number of benzene rings is 1. The van der Waals surface area contributed by atoms with Crippen LogP contribution in [-0.4, -0.2) is 32.7 Å². The van der Waals surface area contributed by atoms with Gasteiger partial charge in [-0.15, -0.1) is 0 Å². The second-order valence-corrected chi connectivity index (χ2v) is 7.62. The minimum Gasteiger partial charge on any atom is -0.381 e. The van der Waals surface area contributed by atoms with Gasteiger partial charge in [-0.3, -0.25) is 0 Å². The molecule has 1 aliphatic heterocycles. The van der Waals surface area contributed by atoms with Gasteiger partial charge in [0.15, 0.2) is 6.10 Å². The van der Waals surface area contributed by atoms with Gasteiger partial charge in [-0.25, -0.2) is 0 Å². The number of hydrogen-bond donors (Lipinski definition) is 1. The van der Waals surface area contributed by atoms with Crippen LogP contribution in [0.5, 0.6) is 0 Å². The zero-order valence-electron chi connectivity index (χ0n) is 13.0. The molecule has 1 aromatic carbocycles. The predicted octanol–water partition coefficient (Wildman–Crippen LogP) is 4.35. The summed E-state index contributed by atoms with van der Waals surface area (Å²) in [6.07, 6.45) is 0.0920. The zero-order chi connectivity index (χ0) is 16.5. The molecule has 0 aromatic heterocycles. The number of alkyl halides is 2. The zero-order valence-corrected chi connectivity index (χ0v) is 14.7. The molecular weight excluding hydrogens is 324 g/mol. The molecule has 1 unspecified atom stereocenters. The van der Waals surface area contributed by atoms with Crippen LogP contribution in [0.25, 0.3) is 0 Å². The van der Waals surface area contributed by atoms with Gasteiger partial charge in [0, 0.05) is 13.1 Å². The highest BCUT2D eigenvalue weighted by Crippen LogP contribution is 2.44. The van der Waals surface area contributed by atoms with E-state index in [1.54, 1.807) is 18.7 Å². The first-order valence-corrected chi connectivity index (χ1v) is 8.56. The third-order valence-electron chi connectivity index (χ3n) is 3.92. The van der Waals surface area contributed by atoms with E-state index in [0.717, 1.165) is 31.5 Å². The maximum atomic E-state index is 14.5. The van der Waals surface area contributed by atoms with E-state index < -0.39 is 11.4 Å². The van der Waals surface area contributed by atoms with Gasteiger partial charge >= 0.3 is 5.25 Å². The lowest BCUT2D eigenvalue weighted by Gasteiger charge is -2.27. The normalized spacial score (nSPS) is 16.9. The summed E-state index contributed by atoms with van der Waals surface area (Å²) in [7, 11) is 0.